The van der Waals surface area contributed by atoms with Gasteiger partial charge in [-0.05, 0) is 31.4 Å². The summed E-state index contributed by atoms with van der Waals surface area (Å²) in [6.07, 6.45) is 6.01. The highest BCUT2D eigenvalue weighted by atomic mass is 32.1. The summed E-state index contributed by atoms with van der Waals surface area (Å²) in [7, 11) is 0. The maximum Gasteiger partial charge on any atom is 0.107 e. The largest absolute Gasteiger partial charge is 0.373 e. The third kappa shape index (κ3) is 4.08. The van der Waals surface area contributed by atoms with Gasteiger partial charge in [0.2, 0.25) is 0 Å². The van der Waals surface area contributed by atoms with E-state index in [-0.39, 0.29) is 11.7 Å². The average Bonchev–Trinajstić information content (AvgIpc) is 2.97. The van der Waals surface area contributed by atoms with Gasteiger partial charge in [0.15, 0.2) is 0 Å². The smallest absolute Gasteiger partial charge is 0.107 e. The Kier molecular flexibility index (Phi) is 4.86. The van der Waals surface area contributed by atoms with Crippen LogP contribution in [0.4, 0.5) is 0 Å². The molecular formula is C19H25N3O2S. The van der Waals surface area contributed by atoms with Crippen LogP contribution in [0.15, 0.2) is 23.8 Å². The molecule has 4 heterocycles. The minimum atomic E-state index is -0.0138. The summed E-state index contributed by atoms with van der Waals surface area (Å²) in [5, 5.41) is 3.31. The highest BCUT2D eigenvalue weighted by Gasteiger charge is 2.47. The van der Waals surface area contributed by atoms with E-state index in [1.54, 1.807) is 11.3 Å². The van der Waals surface area contributed by atoms with Crippen molar-refractivity contribution in [2.24, 2.45) is 0 Å². The van der Waals surface area contributed by atoms with Crippen molar-refractivity contribution in [3.63, 3.8) is 0 Å². The van der Waals surface area contributed by atoms with Gasteiger partial charge < -0.3 is 9.47 Å². The quantitative estimate of drug-likeness (QED) is 0.821. The molecule has 0 saturated carbocycles. The number of ether oxygens (including phenoxy) is 2. The summed E-state index contributed by atoms with van der Waals surface area (Å²) in [5.74, 6) is 0. The highest BCUT2D eigenvalue weighted by molar-refractivity contribution is 7.09. The normalized spacial score (nSPS) is 22.9. The number of aryl methyl sites for hydroxylation is 2. The SMILES string of the molecule is Cc1cncc(CO[C@@H]2CCOC3(C2)CN(Cc2nc(C)cs2)C3)c1. The lowest BCUT2D eigenvalue weighted by atomic mass is 9.84. The lowest BCUT2D eigenvalue weighted by Gasteiger charge is -2.53. The zero-order chi connectivity index (χ0) is 17.3. The molecule has 2 fully saturated rings. The van der Waals surface area contributed by atoms with Gasteiger partial charge in [0, 0.05) is 49.6 Å². The number of hydrogen-bond acceptors (Lipinski definition) is 6. The summed E-state index contributed by atoms with van der Waals surface area (Å²) in [5.41, 5.74) is 3.43. The maximum atomic E-state index is 6.16. The molecule has 2 aliphatic heterocycles. The molecule has 0 bridgehead atoms. The highest BCUT2D eigenvalue weighted by Crippen LogP contribution is 2.36. The van der Waals surface area contributed by atoms with E-state index < -0.39 is 0 Å². The third-order valence-corrected chi connectivity index (χ3v) is 5.87. The monoisotopic (exact) mass is 359 g/mol. The number of thiazole rings is 1. The summed E-state index contributed by atoms with van der Waals surface area (Å²) < 4.78 is 12.3. The van der Waals surface area contributed by atoms with Crippen LogP contribution in [0.3, 0.4) is 0 Å². The van der Waals surface area contributed by atoms with Gasteiger partial charge in [0.1, 0.15) is 5.01 Å². The summed E-state index contributed by atoms with van der Waals surface area (Å²) in [4.78, 5) is 11.2. The molecule has 134 valence electrons. The molecule has 2 saturated heterocycles. The Bertz CT molecular complexity index is 727. The molecule has 0 aliphatic carbocycles. The number of rotatable bonds is 5. The fraction of sp³-hybridized carbons (Fsp3) is 0.579. The zero-order valence-electron chi connectivity index (χ0n) is 14.9. The van der Waals surface area contributed by atoms with E-state index in [1.807, 2.05) is 19.3 Å². The van der Waals surface area contributed by atoms with Gasteiger partial charge >= 0.3 is 0 Å². The van der Waals surface area contributed by atoms with Crippen LogP contribution < -0.4 is 0 Å². The Morgan fingerprint density at radius 3 is 3.00 bits per heavy atom. The second-order valence-electron chi connectivity index (χ2n) is 7.36. The van der Waals surface area contributed by atoms with E-state index in [9.17, 15) is 0 Å². The Balaban J connectivity index is 1.27. The number of aromatic nitrogens is 2. The minimum absolute atomic E-state index is 0.0138. The van der Waals surface area contributed by atoms with E-state index in [4.69, 9.17) is 9.47 Å². The molecule has 0 aromatic carbocycles. The van der Waals surface area contributed by atoms with E-state index in [1.165, 1.54) is 10.6 Å². The molecule has 0 amide bonds. The van der Waals surface area contributed by atoms with Crippen LogP contribution in [0, 0.1) is 13.8 Å². The molecule has 2 aromatic rings. The number of pyridine rings is 1. The van der Waals surface area contributed by atoms with Crippen LogP contribution in [-0.2, 0) is 22.6 Å². The number of hydrogen-bond donors (Lipinski definition) is 0. The molecule has 1 spiro atoms. The van der Waals surface area contributed by atoms with Crippen molar-refractivity contribution < 1.29 is 9.47 Å². The van der Waals surface area contributed by atoms with Gasteiger partial charge in [0.25, 0.3) is 0 Å². The van der Waals surface area contributed by atoms with Gasteiger partial charge in [-0.1, -0.05) is 6.07 Å². The van der Waals surface area contributed by atoms with Gasteiger partial charge in [-0.2, -0.15) is 0 Å². The Hall–Kier alpha value is -1.34. The molecule has 25 heavy (non-hydrogen) atoms. The lowest BCUT2D eigenvalue weighted by Crippen LogP contribution is -2.65. The second-order valence-corrected chi connectivity index (χ2v) is 8.30. The van der Waals surface area contributed by atoms with Crippen molar-refractivity contribution in [2.75, 3.05) is 19.7 Å². The molecule has 2 aliphatic rings. The third-order valence-electron chi connectivity index (χ3n) is 4.91. The molecule has 6 heteroatoms. The molecular weight excluding hydrogens is 334 g/mol. The topological polar surface area (TPSA) is 47.5 Å². The summed E-state index contributed by atoms with van der Waals surface area (Å²) in [6, 6.07) is 2.14. The molecule has 4 rings (SSSR count). The van der Waals surface area contributed by atoms with Crippen molar-refractivity contribution in [3.05, 3.63) is 45.7 Å². The first-order chi connectivity index (χ1) is 12.1. The van der Waals surface area contributed by atoms with Gasteiger partial charge in [-0.25, -0.2) is 4.98 Å². The van der Waals surface area contributed by atoms with E-state index in [2.05, 4.69) is 33.2 Å². The Morgan fingerprint density at radius 2 is 2.24 bits per heavy atom. The van der Waals surface area contributed by atoms with Crippen molar-refractivity contribution in [1.29, 1.82) is 0 Å². The molecule has 0 unspecified atom stereocenters. The van der Waals surface area contributed by atoms with Crippen LogP contribution in [0.2, 0.25) is 0 Å². The fourth-order valence-corrected chi connectivity index (χ4v) is 4.62. The van der Waals surface area contributed by atoms with Crippen LogP contribution in [0.1, 0.15) is 34.7 Å². The summed E-state index contributed by atoms with van der Waals surface area (Å²) in [6.45, 7) is 8.44. The van der Waals surface area contributed by atoms with Gasteiger partial charge in [0.05, 0.1) is 24.9 Å². The van der Waals surface area contributed by atoms with Crippen LogP contribution in [0.5, 0.6) is 0 Å². The zero-order valence-corrected chi connectivity index (χ0v) is 15.7. The Labute approximate surface area is 153 Å². The van der Waals surface area contributed by atoms with Gasteiger partial charge in [-0.3, -0.25) is 9.88 Å². The second kappa shape index (κ2) is 7.11. The molecule has 5 nitrogen and oxygen atoms in total. The fourth-order valence-electron chi connectivity index (χ4n) is 3.80. The van der Waals surface area contributed by atoms with Crippen LogP contribution >= 0.6 is 11.3 Å². The minimum Gasteiger partial charge on any atom is -0.373 e. The lowest BCUT2D eigenvalue weighted by molar-refractivity contribution is -0.200. The van der Waals surface area contributed by atoms with E-state index in [0.29, 0.717) is 6.61 Å². The first kappa shape index (κ1) is 17.1. The molecule has 2 aromatic heterocycles. The average molecular weight is 359 g/mol. The van der Waals surface area contributed by atoms with Crippen molar-refractivity contribution >= 4 is 11.3 Å². The maximum absolute atomic E-state index is 6.16. The van der Waals surface area contributed by atoms with Gasteiger partial charge in [-0.15, -0.1) is 11.3 Å². The molecule has 0 radical (unpaired) electrons. The standard InChI is InChI=1S/C19H25N3O2S/c1-14-5-16(8-20-7-14)10-23-17-3-4-24-19(6-17)12-22(13-19)9-18-21-15(2)11-25-18/h5,7-8,11,17H,3-4,6,9-10,12-13H2,1-2H3/t17-/m1/s1. The first-order valence-corrected chi connectivity index (χ1v) is 9.78. The molecule has 1 atom stereocenters. The van der Waals surface area contributed by atoms with Crippen molar-refractivity contribution in [2.45, 2.75) is 51.5 Å². The van der Waals surface area contributed by atoms with Crippen molar-refractivity contribution in [1.82, 2.24) is 14.9 Å². The summed E-state index contributed by atoms with van der Waals surface area (Å²) >= 11 is 1.75. The Morgan fingerprint density at radius 1 is 1.36 bits per heavy atom. The predicted octanol–water partition coefficient (Wildman–Crippen LogP) is 3.11. The number of likely N-dealkylation sites (tertiary alicyclic amines) is 1. The van der Waals surface area contributed by atoms with E-state index >= 15 is 0 Å². The first-order valence-electron chi connectivity index (χ1n) is 8.90. The molecule has 0 N–H and O–H groups in total. The van der Waals surface area contributed by atoms with Crippen LogP contribution in [0.25, 0.3) is 0 Å². The van der Waals surface area contributed by atoms with Crippen LogP contribution in [-0.4, -0.2) is 46.3 Å². The van der Waals surface area contributed by atoms with E-state index in [0.717, 1.165) is 50.3 Å². The number of nitrogens with zero attached hydrogens (tertiary/aromatic N) is 3. The van der Waals surface area contributed by atoms with Crippen molar-refractivity contribution in [3.8, 4) is 0 Å². The predicted molar refractivity (Wildman–Crippen MR) is 97.6 cm³/mol.